The summed E-state index contributed by atoms with van der Waals surface area (Å²) in [6.45, 7) is 1.95. The van der Waals surface area contributed by atoms with Gasteiger partial charge in [-0.2, -0.15) is 0 Å². The van der Waals surface area contributed by atoms with Crippen LogP contribution in [-0.2, 0) is 26.0 Å². The fraction of sp³-hybridized carbons (Fsp3) is 0.545. The SMILES string of the molecule is CCOC(=O)CCS(=O)(=O)NCCc1nc(C(=O)O)cs1. The second-order valence-corrected chi connectivity index (χ2v) is 6.82. The van der Waals surface area contributed by atoms with Crippen molar-refractivity contribution in [3.8, 4) is 0 Å². The minimum atomic E-state index is -3.56. The second-order valence-electron chi connectivity index (χ2n) is 3.95. The summed E-state index contributed by atoms with van der Waals surface area (Å²) in [5.74, 6) is -2.02. The van der Waals surface area contributed by atoms with Crippen LogP contribution < -0.4 is 4.72 Å². The maximum absolute atomic E-state index is 11.6. The zero-order valence-electron chi connectivity index (χ0n) is 11.4. The monoisotopic (exact) mass is 336 g/mol. The summed E-state index contributed by atoms with van der Waals surface area (Å²) < 4.78 is 30.2. The highest BCUT2D eigenvalue weighted by Crippen LogP contribution is 2.10. The van der Waals surface area contributed by atoms with E-state index in [0.29, 0.717) is 5.01 Å². The van der Waals surface area contributed by atoms with Crippen LogP contribution in [0.1, 0.15) is 28.8 Å². The zero-order chi connectivity index (χ0) is 15.9. The van der Waals surface area contributed by atoms with E-state index >= 15 is 0 Å². The molecule has 0 amide bonds. The van der Waals surface area contributed by atoms with Crippen molar-refractivity contribution < 1.29 is 27.9 Å². The van der Waals surface area contributed by atoms with Crippen LogP contribution >= 0.6 is 11.3 Å². The number of sulfonamides is 1. The maximum Gasteiger partial charge on any atom is 0.355 e. The molecule has 0 aliphatic carbocycles. The standard InChI is InChI=1S/C11H16N2O6S2/c1-2-19-10(14)4-6-21(17,18)12-5-3-9-13-8(7-20-9)11(15)16/h7,12H,2-6H2,1H3,(H,15,16). The van der Waals surface area contributed by atoms with Crippen molar-refractivity contribution in [1.82, 2.24) is 9.71 Å². The Labute approximate surface area is 126 Å². The van der Waals surface area contributed by atoms with Crippen LogP contribution in [0.5, 0.6) is 0 Å². The fourth-order valence-corrected chi connectivity index (χ4v) is 3.13. The number of hydrogen-bond donors (Lipinski definition) is 2. The van der Waals surface area contributed by atoms with Gasteiger partial charge in [0.05, 0.1) is 23.8 Å². The van der Waals surface area contributed by atoms with E-state index in [1.54, 1.807) is 6.92 Å². The zero-order valence-corrected chi connectivity index (χ0v) is 13.0. The highest BCUT2D eigenvalue weighted by atomic mass is 32.2. The fourth-order valence-electron chi connectivity index (χ4n) is 1.36. The van der Waals surface area contributed by atoms with E-state index in [1.165, 1.54) is 5.38 Å². The number of nitrogens with zero attached hydrogens (tertiary/aromatic N) is 1. The lowest BCUT2D eigenvalue weighted by molar-refractivity contribution is -0.142. The van der Waals surface area contributed by atoms with Gasteiger partial charge in [-0.1, -0.05) is 0 Å². The van der Waals surface area contributed by atoms with Crippen LogP contribution in [0.2, 0.25) is 0 Å². The predicted octanol–water partition coefficient (Wildman–Crippen LogP) is 0.256. The van der Waals surface area contributed by atoms with Crippen molar-refractivity contribution >= 4 is 33.3 Å². The van der Waals surface area contributed by atoms with Crippen LogP contribution in [-0.4, -0.2) is 49.4 Å². The molecule has 1 heterocycles. The van der Waals surface area contributed by atoms with E-state index in [4.69, 9.17) is 5.11 Å². The van der Waals surface area contributed by atoms with Gasteiger partial charge in [-0.15, -0.1) is 11.3 Å². The van der Waals surface area contributed by atoms with Crippen LogP contribution in [0.15, 0.2) is 5.38 Å². The maximum atomic E-state index is 11.6. The Hall–Kier alpha value is -1.52. The topological polar surface area (TPSA) is 123 Å². The molecule has 21 heavy (non-hydrogen) atoms. The third-order valence-corrected chi connectivity index (χ3v) is 4.61. The number of rotatable bonds is 9. The Kier molecular flexibility index (Phi) is 6.72. The molecule has 1 aromatic rings. The van der Waals surface area contributed by atoms with Gasteiger partial charge in [-0.3, -0.25) is 4.79 Å². The van der Waals surface area contributed by atoms with Gasteiger partial charge in [0.15, 0.2) is 5.69 Å². The van der Waals surface area contributed by atoms with Gasteiger partial charge in [0.2, 0.25) is 10.0 Å². The number of ether oxygens (including phenoxy) is 1. The molecule has 1 aromatic heterocycles. The third kappa shape index (κ3) is 6.65. The Morgan fingerprint density at radius 3 is 2.76 bits per heavy atom. The van der Waals surface area contributed by atoms with Crippen molar-refractivity contribution in [1.29, 1.82) is 0 Å². The van der Waals surface area contributed by atoms with E-state index in [2.05, 4.69) is 14.4 Å². The number of hydrogen-bond acceptors (Lipinski definition) is 7. The summed E-state index contributed by atoms with van der Waals surface area (Å²) in [5, 5.41) is 10.6. The van der Waals surface area contributed by atoms with Crippen LogP contribution in [0.4, 0.5) is 0 Å². The van der Waals surface area contributed by atoms with Crippen molar-refractivity contribution in [2.45, 2.75) is 19.8 Å². The number of aromatic carboxylic acids is 1. The van der Waals surface area contributed by atoms with Gasteiger partial charge in [-0.25, -0.2) is 22.9 Å². The van der Waals surface area contributed by atoms with Crippen molar-refractivity contribution in [3.05, 3.63) is 16.1 Å². The lowest BCUT2D eigenvalue weighted by Gasteiger charge is -2.05. The van der Waals surface area contributed by atoms with Gasteiger partial charge >= 0.3 is 11.9 Å². The molecule has 0 atom stereocenters. The minimum Gasteiger partial charge on any atom is -0.476 e. The Morgan fingerprint density at radius 1 is 1.48 bits per heavy atom. The van der Waals surface area contributed by atoms with Crippen molar-refractivity contribution in [2.75, 3.05) is 18.9 Å². The number of nitrogens with one attached hydrogen (secondary N) is 1. The molecule has 0 fully saturated rings. The quantitative estimate of drug-likeness (QED) is 0.620. The Morgan fingerprint density at radius 2 is 2.19 bits per heavy atom. The lowest BCUT2D eigenvalue weighted by atomic mass is 10.4. The molecule has 118 valence electrons. The summed E-state index contributed by atoms with van der Waals surface area (Å²) in [5.41, 5.74) is -0.0554. The summed E-state index contributed by atoms with van der Waals surface area (Å²) in [6, 6.07) is 0. The average molecular weight is 336 g/mol. The number of carbonyl (C=O) groups is 2. The van der Waals surface area contributed by atoms with E-state index < -0.39 is 22.0 Å². The van der Waals surface area contributed by atoms with E-state index in [1.807, 2.05) is 0 Å². The smallest absolute Gasteiger partial charge is 0.355 e. The second kappa shape index (κ2) is 8.05. The first kappa shape index (κ1) is 17.5. The molecule has 0 aromatic carbocycles. The molecule has 0 radical (unpaired) electrons. The molecule has 0 spiro atoms. The van der Waals surface area contributed by atoms with Crippen molar-refractivity contribution in [2.24, 2.45) is 0 Å². The van der Waals surface area contributed by atoms with Crippen LogP contribution in [0.3, 0.4) is 0 Å². The normalized spacial score (nSPS) is 11.3. The van der Waals surface area contributed by atoms with Crippen LogP contribution in [0, 0.1) is 0 Å². The Balaban J connectivity index is 2.36. The number of esters is 1. The van der Waals surface area contributed by atoms with Gasteiger partial charge in [0.25, 0.3) is 0 Å². The molecule has 0 aliphatic heterocycles. The summed E-state index contributed by atoms with van der Waals surface area (Å²) >= 11 is 1.15. The molecular weight excluding hydrogens is 320 g/mol. The summed E-state index contributed by atoms with van der Waals surface area (Å²) in [7, 11) is -3.56. The minimum absolute atomic E-state index is 0.0554. The predicted molar refractivity (Wildman–Crippen MR) is 75.8 cm³/mol. The number of carbonyl (C=O) groups excluding carboxylic acids is 1. The first-order chi connectivity index (χ1) is 9.84. The number of aromatic nitrogens is 1. The third-order valence-electron chi connectivity index (χ3n) is 2.31. The van der Waals surface area contributed by atoms with Gasteiger partial charge in [-0.05, 0) is 6.92 Å². The summed E-state index contributed by atoms with van der Waals surface area (Å²) in [6.07, 6.45) is 0.0835. The molecule has 10 heteroatoms. The largest absolute Gasteiger partial charge is 0.476 e. The highest BCUT2D eigenvalue weighted by molar-refractivity contribution is 7.89. The van der Waals surface area contributed by atoms with Gasteiger partial charge in [0.1, 0.15) is 0 Å². The Bertz CT molecular complexity index is 596. The molecule has 2 N–H and O–H groups in total. The molecule has 0 aliphatic rings. The van der Waals surface area contributed by atoms with E-state index in [9.17, 15) is 18.0 Å². The molecule has 0 unspecified atom stereocenters. The first-order valence-electron chi connectivity index (χ1n) is 6.14. The van der Waals surface area contributed by atoms with E-state index in [0.717, 1.165) is 11.3 Å². The van der Waals surface area contributed by atoms with Gasteiger partial charge < -0.3 is 9.84 Å². The number of thiazole rings is 1. The lowest BCUT2D eigenvalue weighted by Crippen LogP contribution is -2.29. The average Bonchev–Trinajstić information content (AvgIpc) is 2.86. The summed E-state index contributed by atoms with van der Waals surface area (Å²) in [4.78, 5) is 25.5. The number of carboxylic acid groups (broad SMARTS) is 1. The molecule has 0 saturated carbocycles. The molecule has 0 saturated heterocycles. The molecular formula is C11H16N2O6S2. The highest BCUT2D eigenvalue weighted by Gasteiger charge is 2.14. The van der Waals surface area contributed by atoms with Crippen molar-refractivity contribution in [3.63, 3.8) is 0 Å². The molecule has 1 rings (SSSR count). The van der Waals surface area contributed by atoms with E-state index in [-0.39, 0.29) is 37.4 Å². The van der Waals surface area contributed by atoms with Crippen LogP contribution in [0.25, 0.3) is 0 Å². The molecule has 8 nitrogen and oxygen atoms in total. The number of carboxylic acids is 1. The first-order valence-corrected chi connectivity index (χ1v) is 8.68. The molecule has 0 bridgehead atoms. The van der Waals surface area contributed by atoms with Gasteiger partial charge in [0, 0.05) is 18.3 Å².